The van der Waals surface area contributed by atoms with Crippen molar-refractivity contribution < 1.29 is 0 Å². The van der Waals surface area contributed by atoms with Crippen molar-refractivity contribution in [2.24, 2.45) is 0 Å². The van der Waals surface area contributed by atoms with E-state index in [2.05, 4.69) is 130 Å². The van der Waals surface area contributed by atoms with Crippen LogP contribution in [0.15, 0.2) is 114 Å². The molecule has 1 heterocycles. The molecule has 0 bridgehead atoms. The predicted molar refractivity (Wildman–Crippen MR) is 141 cm³/mol. The van der Waals surface area contributed by atoms with E-state index < -0.39 is 0 Å². The van der Waals surface area contributed by atoms with Crippen molar-refractivity contribution >= 4 is 70.1 Å². The predicted octanol–water partition coefficient (Wildman–Crippen LogP) is 9.01. The van der Waals surface area contributed by atoms with E-state index in [4.69, 9.17) is 0 Å². The minimum absolute atomic E-state index is 1.13. The summed E-state index contributed by atoms with van der Waals surface area (Å²) in [6, 6.07) is 39.3. The van der Waals surface area contributed by atoms with Gasteiger partial charge in [-0.3, -0.25) is 0 Å². The Morgan fingerprint density at radius 3 is 1.75 bits per heavy atom. The van der Waals surface area contributed by atoms with Crippen LogP contribution in [-0.2, 0) is 0 Å². The maximum absolute atomic E-state index is 3.86. The van der Waals surface area contributed by atoms with E-state index in [9.17, 15) is 0 Å². The van der Waals surface area contributed by atoms with Crippen molar-refractivity contribution in [1.29, 1.82) is 0 Å². The zero-order valence-corrected chi connectivity index (χ0v) is 18.8. The first-order valence-electron chi connectivity index (χ1n) is 10.8. The second kappa shape index (κ2) is 6.69. The van der Waals surface area contributed by atoms with Crippen LogP contribution in [0.25, 0.3) is 59.8 Å². The number of hydrogen-bond acceptors (Lipinski definition) is 0. The van der Waals surface area contributed by atoms with Crippen molar-refractivity contribution in [3.05, 3.63) is 114 Å². The van der Waals surface area contributed by atoms with Gasteiger partial charge < -0.3 is 4.57 Å². The summed E-state index contributed by atoms with van der Waals surface area (Å²) >= 11 is 3.86. The second-order valence-electron chi connectivity index (χ2n) is 8.28. The Kier molecular flexibility index (Phi) is 3.76. The van der Waals surface area contributed by atoms with Crippen molar-refractivity contribution in [1.82, 2.24) is 4.57 Å². The third kappa shape index (κ3) is 2.33. The van der Waals surface area contributed by atoms with Gasteiger partial charge in [0.1, 0.15) is 0 Å². The highest BCUT2D eigenvalue weighted by Gasteiger charge is 2.20. The third-order valence-electron chi connectivity index (χ3n) is 6.61. The number of fused-ring (bicyclic) bond motifs is 10. The van der Waals surface area contributed by atoms with Gasteiger partial charge in [-0.2, -0.15) is 0 Å². The highest BCUT2D eigenvalue weighted by atomic mass is 79.9. The van der Waals surface area contributed by atoms with E-state index in [0.717, 1.165) is 4.47 Å². The fraction of sp³-hybridized carbons (Fsp3) is 0. The zero-order chi connectivity index (χ0) is 21.2. The highest BCUT2D eigenvalue weighted by Crippen LogP contribution is 2.45. The molecular weight excluding hydrogens is 454 g/mol. The average molecular weight is 472 g/mol. The average Bonchev–Trinajstić information content (AvgIpc) is 3.20. The first-order chi connectivity index (χ1) is 15.8. The summed E-state index contributed by atoms with van der Waals surface area (Å²) in [4.78, 5) is 0. The summed E-state index contributed by atoms with van der Waals surface area (Å²) in [6.45, 7) is 0. The molecule has 2 heteroatoms. The Morgan fingerprint density at radius 2 is 1.00 bits per heavy atom. The van der Waals surface area contributed by atoms with E-state index in [-0.39, 0.29) is 0 Å². The number of nitrogens with zero attached hydrogens (tertiary/aromatic N) is 1. The van der Waals surface area contributed by atoms with Gasteiger partial charge in [-0.25, -0.2) is 0 Å². The van der Waals surface area contributed by atoms with E-state index in [1.54, 1.807) is 0 Å². The molecule has 7 rings (SSSR count). The van der Waals surface area contributed by atoms with Gasteiger partial charge in [0.2, 0.25) is 0 Å². The van der Waals surface area contributed by atoms with Crippen molar-refractivity contribution in [2.45, 2.75) is 0 Å². The van der Waals surface area contributed by atoms with Gasteiger partial charge in [0.25, 0.3) is 0 Å². The molecule has 1 nitrogen and oxygen atoms in total. The Morgan fingerprint density at radius 1 is 0.469 bits per heavy atom. The molecule has 7 aromatic rings. The molecule has 0 aliphatic heterocycles. The van der Waals surface area contributed by atoms with Gasteiger partial charge in [0, 0.05) is 26.3 Å². The van der Waals surface area contributed by atoms with Crippen molar-refractivity contribution in [2.75, 3.05) is 0 Å². The lowest BCUT2D eigenvalue weighted by molar-refractivity contribution is 1.19. The van der Waals surface area contributed by atoms with Gasteiger partial charge in [0.05, 0.1) is 11.0 Å². The molecule has 0 fully saturated rings. The first-order valence-corrected chi connectivity index (χ1v) is 11.6. The maximum atomic E-state index is 3.86. The van der Waals surface area contributed by atoms with Crippen LogP contribution in [0.2, 0.25) is 0 Å². The lowest BCUT2D eigenvalue weighted by Crippen LogP contribution is -1.95. The maximum Gasteiger partial charge on any atom is 0.0632 e. The topological polar surface area (TPSA) is 4.93 Å². The molecule has 0 radical (unpaired) electrons. The number of halogens is 1. The molecular formula is C30H18BrN. The summed E-state index contributed by atoms with van der Waals surface area (Å²) in [5.74, 6) is 0. The lowest BCUT2D eigenvalue weighted by Gasteiger charge is -2.15. The summed E-state index contributed by atoms with van der Waals surface area (Å²) in [6.07, 6.45) is 0. The third-order valence-corrected chi connectivity index (χ3v) is 7.26. The number of aromatic nitrogens is 1. The minimum atomic E-state index is 1.13. The first kappa shape index (κ1) is 18.0. The van der Waals surface area contributed by atoms with Gasteiger partial charge in [0.15, 0.2) is 0 Å². The van der Waals surface area contributed by atoms with Gasteiger partial charge in [-0.05, 0) is 51.2 Å². The van der Waals surface area contributed by atoms with Gasteiger partial charge >= 0.3 is 0 Å². The molecule has 0 atom stereocenters. The SMILES string of the molecule is Brc1cc2c3ccccc3c3c4ccccc4n(-c4ccccc4)c3c2c2ccccc12. The number of hydrogen-bond donors (Lipinski definition) is 0. The molecule has 0 saturated heterocycles. The monoisotopic (exact) mass is 471 g/mol. The van der Waals surface area contributed by atoms with Crippen molar-refractivity contribution in [3.8, 4) is 5.69 Å². The van der Waals surface area contributed by atoms with Gasteiger partial charge in [-0.15, -0.1) is 0 Å². The summed E-state index contributed by atoms with van der Waals surface area (Å²) in [5.41, 5.74) is 3.69. The van der Waals surface area contributed by atoms with Crippen LogP contribution >= 0.6 is 15.9 Å². The lowest BCUT2D eigenvalue weighted by atomic mass is 9.93. The molecule has 0 amide bonds. The van der Waals surface area contributed by atoms with E-state index in [1.807, 2.05) is 0 Å². The highest BCUT2D eigenvalue weighted by molar-refractivity contribution is 9.10. The largest absolute Gasteiger partial charge is 0.309 e. The van der Waals surface area contributed by atoms with Crippen LogP contribution in [-0.4, -0.2) is 4.57 Å². The Bertz CT molecular complexity index is 1830. The molecule has 32 heavy (non-hydrogen) atoms. The molecule has 0 unspecified atom stereocenters. The second-order valence-corrected chi connectivity index (χ2v) is 9.14. The molecule has 0 spiro atoms. The fourth-order valence-corrected chi connectivity index (χ4v) is 5.90. The molecule has 0 aliphatic rings. The van der Waals surface area contributed by atoms with Crippen molar-refractivity contribution in [3.63, 3.8) is 0 Å². The summed E-state index contributed by atoms with van der Waals surface area (Å²) < 4.78 is 3.58. The van der Waals surface area contributed by atoms with E-state index >= 15 is 0 Å². The van der Waals surface area contributed by atoms with Crippen LogP contribution in [0.1, 0.15) is 0 Å². The van der Waals surface area contributed by atoms with Crippen LogP contribution in [0, 0.1) is 0 Å². The van der Waals surface area contributed by atoms with Crippen LogP contribution in [0.4, 0.5) is 0 Å². The molecule has 0 saturated carbocycles. The van der Waals surface area contributed by atoms with Gasteiger partial charge in [-0.1, -0.05) is 101 Å². The zero-order valence-electron chi connectivity index (χ0n) is 17.2. The normalized spacial score (nSPS) is 11.9. The molecule has 150 valence electrons. The Labute approximate surface area is 193 Å². The van der Waals surface area contributed by atoms with Crippen LogP contribution in [0.3, 0.4) is 0 Å². The Hall–Kier alpha value is -3.62. The quantitative estimate of drug-likeness (QED) is 0.210. The Balaban J connectivity index is 1.92. The molecule has 1 aromatic heterocycles. The van der Waals surface area contributed by atoms with Crippen LogP contribution in [0.5, 0.6) is 0 Å². The van der Waals surface area contributed by atoms with Crippen LogP contribution < -0.4 is 0 Å². The summed E-state index contributed by atoms with van der Waals surface area (Å²) in [5, 5.41) is 10.3. The standard InChI is InChI=1S/C30H18BrN/c31-26-18-25-20-12-4-6-14-22(20)28-24-16-8-9-17-27(24)32(19-10-2-1-3-11-19)30(28)29(25)23-15-7-5-13-21(23)26/h1-18H. The van der Waals surface area contributed by atoms with E-state index in [0.29, 0.717) is 0 Å². The molecule has 6 aromatic carbocycles. The molecule has 0 N–H and O–H groups in total. The summed E-state index contributed by atoms with van der Waals surface area (Å²) in [7, 11) is 0. The fourth-order valence-electron chi connectivity index (χ4n) is 5.33. The number of para-hydroxylation sites is 2. The molecule has 0 aliphatic carbocycles. The minimum Gasteiger partial charge on any atom is -0.309 e. The number of rotatable bonds is 1. The number of benzene rings is 6. The van der Waals surface area contributed by atoms with E-state index in [1.165, 1.54) is 59.8 Å². The smallest absolute Gasteiger partial charge is 0.0632 e.